The molecule has 1 aromatic heterocycles. The number of rotatable bonds is 4. The van der Waals surface area contributed by atoms with Gasteiger partial charge < -0.3 is 10.6 Å². The SMILES string of the molecule is CNc1cc(C(=O)Nc2ccc(C)cn2)ccc1[N+](=O)[O-]. The number of nitrogens with zero attached hydrogens (tertiary/aromatic N) is 2. The highest BCUT2D eigenvalue weighted by atomic mass is 16.6. The van der Waals surface area contributed by atoms with Gasteiger partial charge in [-0.15, -0.1) is 0 Å². The van der Waals surface area contributed by atoms with Gasteiger partial charge in [0, 0.05) is 24.9 Å². The zero-order chi connectivity index (χ0) is 15.4. The van der Waals surface area contributed by atoms with Crippen LogP contribution < -0.4 is 10.6 Å². The number of hydrogen-bond acceptors (Lipinski definition) is 5. The first-order valence-electron chi connectivity index (χ1n) is 6.21. The number of amides is 1. The van der Waals surface area contributed by atoms with Gasteiger partial charge in [-0.1, -0.05) is 6.07 Å². The summed E-state index contributed by atoms with van der Waals surface area (Å²) in [6, 6.07) is 7.66. The lowest BCUT2D eigenvalue weighted by molar-refractivity contribution is -0.383. The number of nitrogens with one attached hydrogen (secondary N) is 2. The minimum atomic E-state index is -0.505. The highest BCUT2D eigenvalue weighted by Gasteiger charge is 2.16. The molecule has 21 heavy (non-hydrogen) atoms. The summed E-state index contributed by atoms with van der Waals surface area (Å²) in [6.07, 6.45) is 1.64. The van der Waals surface area contributed by atoms with Gasteiger partial charge in [0.2, 0.25) is 0 Å². The molecule has 7 heteroatoms. The van der Waals surface area contributed by atoms with Crippen molar-refractivity contribution in [3.05, 3.63) is 57.8 Å². The summed E-state index contributed by atoms with van der Waals surface area (Å²) in [5, 5.41) is 16.2. The summed E-state index contributed by atoms with van der Waals surface area (Å²) < 4.78 is 0. The standard InChI is InChI=1S/C14H14N4O3/c1-9-3-6-13(16-8-9)17-14(19)10-4-5-12(18(20)21)11(7-10)15-2/h3-8,15H,1-2H3,(H,16,17,19). The van der Waals surface area contributed by atoms with E-state index in [4.69, 9.17) is 0 Å². The van der Waals surface area contributed by atoms with E-state index in [0.717, 1.165) is 5.56 Å². The summed E-state index contributed by atoms with van der Waals surface area (Å²) in [5.41, 5.74) is 1.50. The Bertz CT molecular complexity index is 683. The number of aryl methyl sites for hydroxylation is 1. The molecule has 0 radical (unpaired) electrons. The van der Waals surface area contributed by atoms with Gasteiger partial charge in [-0.3, -0.25) is 14.9 Å². The number of hydrogen-bond donors (Lipinski definition) is 2. The van der Waals surface area contributed by atoms with Crippen molar-refractivity contribution in [1.82, 2.24) is 4.98 Å². The molecular weight excluding hydrogens is 272 g/mol. The number of carbonyl (C=O) groups excluding carboxylic acids is 1. The first kappa shape index (κ1) is 14.4. The van der Waals surface area contributed by atoms with Gasteiger partial charge in [-0.05, 0) is 30.7 Å². The van der Waals surface area contributed by atoms with Crippen molar-refractivity contribution in [3.8, 4) is 0 Å². The smallest absolute Gasteiger partial charge is 0.292 e. The van der Waals surface area contributed by atoms with Crippen molar-refractivity contribution in [2.75, 3.05) is 17.7 Å². The van der Waals surface area contributed by atoms with Crippen LogP contribution in [0.5, 0.6) is 0 Å². The minimum absolute atomic E-state index is 0.0810. The molecule has 0 aliphatic carbocycles. The average Bonchev–Trinajstić information content (AvgIpc) is 2.48. The van der Waals surface area contributed by atoms with E-state index in [-0.39, 0.29) is 17.3 Å². The van der Waals surface area contributed by atoms with Gasteiger partial charge in [0.25, 0.3) is 11.6 Å². The molecule has 2 rings (SSSR count). The van der Waals surface area contributed by atoms with Gasteiger partial charge in [-0.25, -0.2) is 4.98 Å². The lowest BCUT2D eigenvalue weighted by Gasteiger charge is -2.07. The third-order valence-electron chi connectivity index (χ3n) is 2.88. The highest BCUT2D eigenvalue weighted by Crippen LogP contribution is 2.25. The second kappa shape index (κ2) is 6.00. The number of benzene rings is 1. The Labute approximate surface area is 121 Å². The second-order valence-corrected chi connectivity index (χ2v) is 4.41. The van der Waals surface area contributed by atoms with E-state index in [0.29, 0.717) is 11.4 Å². The average molecular weight is 286 g/mol. The van der Waals surface area contributed by atoms with Crippen molar-refractivity contribution in [1.29, 1.82) is 0 Å². The van der Waals surface area contributed by atoms with Gasteiger partial charge in [-0.2, -0.15) is 0 Å². The molecule has 0 unspecified atom stereocenters. The van der Waals surface area contributed by atoms with E-state index < -0.39 is 4.92 Å². The van der Waals surface area contributed by atoms with E-state index in [1.165, 1.54) is 18.2 Å². The number of carbonyl (C=O) groups is 1. The van der Waals surface area contributed by atoms with Crippen LogP contribution >= 0.6 is 0 Å². The number of nitro benzene ring substituents is 1. The van der Waals surface area contributed by atoms with Gasteiger partial charge in [0.05, 0.1) is 4.92 Å². The lowest BCUT2D eigenvalue weighted by atomic mass is 10.1. The summed E-state index contributed by atoms with van der Waals surface area (Å²) >= 11 is 0. The molecule has 1 heterocycles. The Kier molecular flexibility index (Phi) is 4.13. The van der Waals surface area contributed by atoms with Crippen LogP contribution in [0, 0.1) is 17.0 Å². The number of nitro groups is 1. The van der Waals surface area contributed by atoms with Crippen LogP contribution in [0.4, 0.5) is 17.2 Å². The Morgan fingerprint density at radius 2 is 2.05 bits per heavy atom. The Morgan fingerprint density at radius 3 is 2.62 bits per heavy atom. The summed E-state index contributed by atoms with van der Waals surface area (Å²) in [5.74, 6) is 0.0488. The van der Waals surface area contributed by atoms with E-state index >= 15 is 0 Å². The van der Waals surface area contributed by atoms with Crippen LogP contribution in [0.2, 0.25) is 0 Å². The fourth-order valence-electron chi connectivity index (χ4n) is 1.77. The number of pyridine rings is 1. The molecule has 0 spiro atoms. The Hall–Kier alpha value is -2.96. The Balaban J connectivity index is 2.23. The molecular formula is C14H14N4O3. The fourth-order valence-corrected chi connectivity index (χ4v) is 1.77. The molecule has 0 bridgehead atoms. The Morgan fingerprint density at radius 1 is 1.29 bits per heavy atom. The third-order valence-corrected chi connectivity index (χ3v) is 2.88. The third kappa shape index (κ3) is 3.33. The summed E-state index contributed by atoms with van der Waals surface area (Å²) in [6.45, 7) is 1.90. The maximum Gasteiger partial charge on any atom is 0.292 e. The van der Waals surface area contributed by atoms with Crippen molar-refractivity contribution in [2.24, 2.45) is 0 Å². The van der Waals surface area contributed by atoms with Crippen LogP contribution in [0.25, 0.3) is 0 Å². The van der Waals surface area contributed by atoms with Crippen LogP contribution in [-0.2, 0) is 0 Å². The zero-order valence-electron chi connectivity index (χ0n) is 11.6. The topological polar surface area (TPSA) is 97.2 Å². The molecule has 2 aromatic rings. The fraction of sp³-hybridized carbons (Fsp3) is 0.143. The molecule has 1 aromatic carbocycles. The molecule has 0 fully saturated rings. The molecule has 0 aliphatic heterocycles. The van der Waals surface area contributed by atoms with Crippen molar-refractivity contribution in [3.63, 3.8) is 0 Å². The second-order valence-electron chi connectivity index (χ2n) is 4.41. The largest absolute Gasteiger partial charge is 0.383 e. The lowest BCUT2D eigenvalue weighted by Crippen LogP contribution is -2.13. The van der Waals surface area contributed by atoms with Crippen LogP contribution in [-0.4, -0.2) is 22.9 Å². The summed E-state index contributed by atoms with van der Waals surface area (Å²) in [4.78, 5) is 26.5. The maximum atomic E-state index is 12.1. The van der Waals surface area contributed by atoms with Crippen LogP contribution in [0.15, 0.2) is 36.5 Å². The minimum Gasteiger partial charge on any atom is -0.383 e. The molecule has 0 saturated carbocycles. The van der Waals surface area contributed by atoms with Gasteiger partial charge >= 0.3 is 0 Å². The summed E-state index contributed by atoms with van der Waals surface area (Å²) in [7, 11) is 1.56. The molecule has 2 N–H and O–H groups in total. The first-order valence-corrected chi connectivity index (χ1v) is 6.21. The predicted molar refractivity (Wildman–Crippen MR) is 79.6 cm³/mol. The monoisotopic (exact) mass is 286 g/mol. The molecule has 0 atom stereocenters. The van der Waals surface area contributed by atoms with Gasteiger partial charge in [0.1, 0.15) is 11.5 Å². The van der Waals surface area contributed by atoms with Crippen molar-refractivity contribution >= 4 is 23.1 Å². The van der Waals surface area contributed by atoms with Crippen LogP contribution in [0.3, 0.4) is 0 Å². The molecule has 0 saturated heterocycles. The van der Waals surface area contributed by atoms with E-state index in [2.05, 4.69) is 15.6 Å². The highest BCUT2D eigenvalue weighted by molar-refractivity contribution is 6.04. The molecule has 7 nitrogen and oxygen atoms in total. The van der Waals surface area contributed by atoms with Crippen LogP contribution in [0.1, 0.15) is 15.9 Å². The number of anilines is 2. The normalized spacial score (nSPS) is 10.0. The zero-order valence-corrected chi connectivity index (χ0v) is 11.6. The predicted octanol–water partition coefficient (Wildman–Crippen LogP) is 2.59. The number of aromatic nitrogens is 1. The first-order chi connectivity index (χ1) is 10.0. The van der Waals surface area contributed by atoms with E-state index in [9.17, 15) is 14.9 Å². The molecule has 0 aliphatic rings. The maximum absolute atomic E-state index is 12.1. The van der Waals surface area contributed by atoms with E-state index in [1.54, 1.807) is 19.3 Å². The van der Waals surface area contributed by atoms with Crippen molar-refractivity contribution in [2.45, 2.75) is 6.92 Å². The quantitative estimate of drug-likeness (QED) is 0.665. The molecule has 1 amide bonds. The van der Waals surface area contributed by atoms with Gasteiger partial charge in [0.15, 0.2) is 0 Å². The van der Waals surface area contributed by atoms with E-state index in [1.807, 2.05) is 13.0 Å². The van der Waals surface area contributed by atoms with Crippen molar-refractivity contribution < 1.29 is 9.72 Å². The molecule has 108 valence electrons.